The van der Waals surface area contributed by atoms with Crippen molar-refractivity contribution in [3.05, 3.63) is 59.0 Å². The fourth-order valence-corrected chi connectivity index (χ4v) is 2.94. The van der Waals surface area contributed by atoms with E-state index < -0.39 is 0 Å². The van der Waals surface area contributed by atoms with Crippen LogP contribution in [0.4, 0.5) is 5.82 Å². The molecule has 0 aliphatic heterocycles. The molecule has 0 aliphatic carbocycles. The molecule has 6 heteroatoms. The van der Waals surface area contributed by atoms with Gasteiger partial charge in [-0.05, 0) is 27.9 Å². The van der Waals surface area contributed by atoms with Crippen molar-refractivity contribution < 1.29 is 0 Å². The van der Waals surface area contributed by atoms with E-state index in [0.29, 0.717) is 17.8 Å². The predicted octanol–water partition coefficient (Wildman–Crippen LogP) is 3.79. The van der Waals surface area contributed by atoms with Gasteiger partial charge in [0.1, 0.15) is 5.52 Å². The summed E-state index contributed by atoms with van der Waals surface area (Å²) < 4.78 is 0. The number of rotatable bonds is 3. The topological polar surface area (TPSA) is 66.5 Å². The van der Waals surface area contributed by atoms with Gasteiger partial charge < -0.3 is 5.32 Å². The number of benzene rings is 2. The third kappa shape index (κ3) is 2.49. The Bertz CT molecular complexity index is 1010. The first-order chi connectivity index (χ1) is 11.2. The maximum atomic E-state index is 6.01. The molecule has 0 aliphatic rings. The van der Waals surface area contributed by atoms with Crippen LogP contribution in [0.25, 0.3) is 21.8 Å². The third-order valence-corrected chi connectivity index (χ3v) is 4.05. The summed E-state index contributed by atoms with van der Waals surface area (Å²) in [5.74, 6) is 0.626. The normalized spacial score (nSPS) is 11.2. The number of anilines is 1. The Morgan fingerprint density at radius 1 is 1.04 bits per heavy atom. The first kappa shape index (κ1) is 14.0. The van der Waals surface area contributed by atoms with Crippen molar-refractivity contribution in [2.24, 2.45) is 0 Å². The van der Waals surface area contributed by atoms with E-state index in [1.807, 2.05) is 12.1 Å². The second kappa shape index (κ2) is 5.52. The van der Waals surface area contributed by atoms with E-state index in [0.717, 1.165) is 11.2 Å². The molecule has 0 bridgehead atoms. The van der Waals surface area contributed by atoms with Crippen LogP contribution in [0.2, 0.25) is 5.28 Å². The average molecular weight is 324 g/mol. The second-order valence-corrected chi connectivity index (χ2v) is 5.69. The van der Waals surface area contributed by atoms with Crippen molar-refractivity contribution in [3.63, 3.8) is 0 Å². The van der Waals surface area contributed by atoms with Gasteiger partial charge in [0.05, 0.1) is 5.69 Å². The average Bonchev–Trinajstić information content (AvgIpc) is 2.97. The molecule has 23 heavy (non-hydrogen) atoms. The van der Waals surface area contributed by atoms with Crippen LogP contribution in [0.3, 0.4) is 0 Å². The van der Waals surface area contributed by atoms with Crippen molar-refractivity contribution in [1.82, 2.24) is 20.2 Å². The van der Waals surface area contributed by atoms with Crippen LogP contribution >= 0.6 is 11.6 Å². The largest absolute Gasteiger partial charge is 0.371 e. The Morgan fingerprint density at radius 3 is 2.70 bits per heavy atom. The summed E-state index contributed by atoms with van der Waals surface area (Å²) in [6.45, 7) is 0. The molecular weight excluding hydrogens is 310 g/mol. The molecule has 5 nitrogen and oxygen atoms in total. The van der Waals surface area contributed by atoms with Crippen LogP contribution in [0, 0.1) is 0 Å². The first-order valence-corrected chi connectivity index (χ1v) is 7.68. The highest BCUT2D eigenvalue weighted by molar-refractivity contribution is 6.28. The van der Waals surface area contributed by atoms with Gasteiger partial charge in [-0.15, -0.1) is 0 Å². The van der Waals surface area contributed by atoms with Gasteiger partial charge in [0, 0.05) is 13.5 Å². The summed E-state index contributed by atoms with van der Waals surface area (Å²) in [7, 11) is 1.79. The molecular formula is C17H14ClN5. The van der Waals surface area contributed by atoms with Crippen LogP contribution in [0.1, 0.15) is 11.3 Å². The zero-order chi connectivity index (χ0) is 15.8. The number of hydrogen-bond donors (Lipinski definition) is 2. The lowest BCUT2D eigenvalue weighted by Gasteiger charge is -2.04. The summed E-state index contributed by atoms with van der Waals surface area (Å²) in [6, 6.07) is 14.7. The molecule has 0 saturated carbocycles. The lowest BCUT2D eigenvalue weighted by molar-refractivity contribution is 1.01. The van der Waals surface area contributed by atoms with Crippen LogP contribution in [0.15, 0.2) is 42.5 Å². The smallest absolute Gasteiger partial charge is 0.225 e. The number of nitrogens with zero attached hydrogens (tertiary/aromatic N) is 3. The standard InChI is InChI=1S/C17H14ClN5/c1-19-16-15-14(20-17(18)21-16)13(22-23-15)9-10-6-7-11-4-2-3-5-12(11)8-10/h2-8H,9H2,1H3,(H,22,23)(H,19,20,21). The highest BCUT2D eigenvalue weighted by Gasteiger charge is 2.13. The molecule has 0 unspecified atom stereocenters. The Morgan fingerprint density at radius 2 is 1.87 bits per heavy atom. The van der Waals surface area contributed by atoms with E-state index in [2.05, 4.69) is 55.8 Å². The number of fused-ring (bicyclic) bond motifs is 2. The van der Waals surface area contributed by atoms with Gasteiger partial charge in [0.2, 0.25) is 5.28 Å². The minimum atomic E-state index is 0.211. The number of nitrogens with one attached hydrogen (secondary N) is 2. The highest BCUT2D eigenvalue weighted by atomic mass is 35.5. The van der Waals surface area contributed by atoms with Crippen molar-refractivity contribution in [2.75, 3.05) is 12.4 Å². The van der Waals surface area contributed by atoms with E-state index in [4.69, 9.17) is 11.6 Å². The Kier molecular flexibility index (Phi) is 3.35. The summed E-state index contributed by atoms with van der Waals surface area (Å²) in [5.41, 5.74) is 3.57. The van der Waals surface area contributed by atoms with Gasteiger partial charge >= 0.3 is 0 Å². The molecule has 4 aromatic rings. The molecule has 0 atom stereocenters. The Balaban J connectivity index is 1.78. The summed E-state index contributed by atoms with van der Waals surface area (Å²) in [4.78, 5) is 8.47. The molecule has 2 heterocycles. The molecule has 114 valence electrons. The Hall–Kier alpha value is -2.66. The maximum Gasteiger partial charge on any atom is 0.225 e. The van der Waals surface area contributed by atoms with Crippen LogP contribution in [-0.2, 0) is 6.42 Å². The van der Waals surface area contributed by atoms with E-state index in [1.54, 1.807) is 7.05 Å². The lowest BCUT2D eigenvalue weighted by Crippen LogP contribution is -1.96. The minimum absolute atomic E-state index is 0.211. The molecule has 0 saturated heterocycles. The van der Waals surface area contributed by atoms with Gasteiger partial charge in [-0.2, -0.15) is 10.1 Å². The second-order valence-electron chi connectivity index (χ2n) is 5.35. The molecule has 2 aromatic carbocycles. The van der Waals surface area contributed by atoms with Gasteiger partial charge in [0.25, 0.3) is 0 Å². The number of aromatic amines is 1. The fraction of sp³-hybridized carbons (Fsp3) is 0.118. The van der Waals surface area contributed by atoms with Gasteiger partial charge in [0.15, 0.2) is 11.3 Å². The molecule has 2 aromatic heterocycles. The maximum absolute atomic E-state index is 6.01. The van der Waals surface area contributed by atoms with Gasteiger partial charge in [-0.25, -0.2) is 4.98 Å². The molecule has 0 amide bonds. The van der Waals surface area contributed by atoms with Crippen LogP contribution in [-0.4, -0.2) is 27.2 Å². The summed E-state index contributed by atoms with van der Waals surface area (Å²) in [5, 5.41) is 13.0. The SMILES string of the molecule is CNc1nc(Cl)nc2c(Cc3ccc4ccccc4c3)[nH]nc12. The summed E-state index contributed by atoms with van der Waals surface area (Å²) in [6.07, 6.45) is 0.706. The highest BCUT2D eigenvalue weighted by Crippen LogP contribution is 2.24. The molecule has 4 rings (SSSR count). The van der Waals surface area contributed by atoms with Crippen LogP contribution < -0.4 is 5.32 Å². The Labute approximate surface area is 137 Å². The van der Waals surface area contributed by atoms with Crippen molar-refractivity contribution >= 4 is 39.2 Å². The predicted molar refractivity (Wildman–Crippen MR) is 93.0 cm³/mol. The molecule has 0 spiro atoms. The molecule has 2 N–H and O–H groups in total. The number of halogens is 1. The summed E-state index contributed by atoms with van der Waals surface area (Å²) >= 11 is 6.01. The van der Waals surface area contributed by atoms with E-state index in [-0.39, 0.29) is 5.28 Å². The van der Waals surface area contributed by atoms with E-state index in [1.165, 1.54) is 16.3 Å². The van der Waals surface area contributed by atoms with Crippen LogP contribution in [0.5, 0.6) is 0 Å². The minimum Gasteiger partial charge on any atom is -0.371 e. The monoisotopic (exact) mass is 323 g/mol. The quantitative estimate of drug-likeness (QED) is 0.563. The van der Waals surface area contributed by atoms with Gasteiger partial charge in [-0.1, -0.05) is 42.5 Å². The van der Waals surface area contributed by atoms with Crippen molar-refractivity contribution in [2.45, 2.75) is 6.42 Å². The van der Waals surface area contributed by atoms with E-state index in [9.17, 15) is 0 Å². The van der Waals surface area contributed by atoms with E-state index >= 15 is 0 Å². The van der Waals surface area contributed by atoms with Crippen molar-refractivity contribution in [3.8, 4) is 0 Å². The number of hydrogen-bond acceptors (Lipinski definition) is 4. The van der Waals surface area contributed by atoms with Gasteiger partial charge in [-0.3, -0.25) is 5.10 Å². The third-order valence-electron chi connectivity index (χ3n) is 3.88. The fourth-order valence-electron chi connectivity index (χ4n) is 2.77. The lowest BCUT2D eigenvalue weighted by atomic mass is 10.0. The van der Waals surface area contributed by atoms with Crippen molar-refractivity contribution in [1.29, 1.82) is 0 Å². The first-order valence-electron chi connectivity index (χ1n) is 7.30. The number of H-pyrrole nitrogens is 1. The zero-order valence-electron chi connectivity index (χ0n) is 12.5. The zero-order valence-corrected chi connectivity index (χ0v) is 13.2. The molecule has 0 fully saturated rings. The molecule has 0 radical (unpaired) electrons. The number of aromatic nitrogens is 4.